The number of unbranched alkanes of at least 4 members (excludes halogenated alkanes) is 1. The van der Waals surface area contributed by atoms with Gasteiger partial charge in [0.25, 0.3) is 0 Å². The van der Waals surface area contributed by atoms with Crippen LogP contribution in [0.4, 0.5) is 0 Å². The summed E-state index contributed by atoms with van der Waals surface area (Å²) in [6, 6.07) is 7.39. The van der Waals surface area contributed by atoms with E-state index in [-0.39, 0.29) is 17.7 Å². The number of hydrogen-bond donors (Lipinski definition) is 2. The van der Waals surface area contributed by atoms with Gasteiger partial charge in [0.1, 0.15) is 0 Å². The van der Waals surface area contributed by atoms with Crippen LogP contribution in [0.3, 0.4) is 0 Å². The standard InChI is InChI=1S/C22H32N2O4/c1-28-20(25)10-6-7-17-11-15-23(16-12-17)13-4-5-14-24-21(26)18-8-2-3-9-19(18)22(24)27/h2-3,8-9,17,26-27H,4-7,10-16H2,1H3. The van der Waals surface area contributed by atoms with E-state index in [1.807, 2.05) is 24.3 Å². The summed E-state index contributed by atoms with van der Waals surface area (Å²) in [4.78, 5) is 13.7. The van der Waals surface area contributed by atoms with Crippen LogP contribution in [-0.2, 0) is 16.1 Å². The first-order valence-corrected chi connectivity index (χ1v) is 10.4. The molecule has 1 aromatic heterocycles. The van der Waals surface area contributed by atoms with Gasteiger partial charge in [-0.05, 0) is 76.2 Å². The Labute approximate surface area is 166 Å². The fraction of sp³-hybridized carbons (Fsp3) is 0.591. The number of carbonyl (C=O) groups is 1. The highest BCUT2D eigenvalue weighted by Crippen LogP contribution is 2.36. The number of methoxy groups -OCH3 is 1. The summed E-state index contributed by atoms with van der Waals surface area (Å²) in [6.07, 6.45) is 6.93. The number of hydrogen-bond acceptors (Lipinski definition) is 5. The van der Waals surface area contributed by atoms with Crippen molar-refractivity contribution in [2.75, 3.05) is 26.7 Å². The van der Waals surface area contributed by atoms with Crippen LogP contribution >= 0.6 is 0 Å². The molecule has 3 rings (SSSR count). The van der Waals surface area contributed by atoms with Crippen molar-refractivity contribution in [2.24, 2.45) is 5.92 Å². The second-order valence-corrected chi connectivity index (χ2v) is 7.80. The molecule has 2 heterocycles. The third kappa shape index (κ3) is 4.98. The fourth-order valence-corrected chi connectivity index (χ4v) is 4.22. The Morgan fingerprint density at radius 1 is 1.04 bits per heavy atom. The zero-order valence-corrected chi connectivity index (χ0v) is 16.8. The minimum Gasteiger partial charge on any atom is -0.494 e. The predicted molar refractivity (Wildman–Crippen MR) is 110 cm³/mol. The van der Waals surface area contributed by atoms with Crippen LogP contribution in [0.5, 0.6) is 11.8 Å². The van der Waals surface area contributed by atoms with Crippen molar-refractivity contribution in [1.29, 1.82) is 0 Å². The van der Waals surface area contributed by atoms with E-state index in [0.717, 1.165) is 51.2 Å². The molecule has 0 unspecified atom stereocenters. The lowest BCUT2D eigenvalue weighted by Gasteiger charge is -2.32. The van der Waals surface area contributed by atoms with Gasteiger partial charge in [0, 0.05) is 23.7 Å². The zero-order chi connectivity index (χ0) is 19.9. The van der Waals surface area contributed by atoms with Crippen molar-refractivity contribution < 1.29 is 19.7 Å². The molecule has 0 saturated carbocycles. The lowest BCUT2D eigenvalue weighted by atomic mass is 9.91. The number of likely N-dealkylation sites (tertiary alicyclic amines) is 1. The van der Waals surface area contributed by atoms with Crippen molar-refractivity contribution in [1.82, 2.24) is 9.47 Å². The largest absolute Gasteiger partial charge is 0.494 e. The molecule has 0 aliphatic carbocycles. The van der Waals surface area contributed by atoms with E-state index in [1.165, 1.54) is 20.0 Å². The summed E-state index contributed by atoms with van der Waals surface area (Å²) in [7, 11) is 1.45. The van der Waals surface area contributed by atoms with Crippen LogP contribution in [0, 0.1) is 5.92 Å². The van der Waals surface area contributed by atoms with Crippen molar-refractivity contribution in [3.05, 3.63) is 24.3 Å². The van der Waals surface area contributed by atoms with E-state index in [2.05, 4.69) is 4.90 Å². The molecule has 1 aliphatic heterocycles. The molecule has 0 spiro atoms. The number of rotatable bonds is 9. The Bertz CT molecular complexity index is 739. The Balaban J connectivity index is 1.35. The normalized spacial score (nSPS) is 15.9. The lowest BCUT2D eigenvalue weighted by Crippen LogP contribution is -2.34. The highest BCUT2D eigenvalue weighted by Gasteiger charge is 2.19. The highest BCUT2D eigenvalue weighted by molar-refractivity contribution is 5.92. The number of benzene rings is 1. The first kappa shape index (κ1) is 20.5. The van der Waals surface area contributed by atoms with Crippen LogP contribution in [0.1, 0.15) is 44.9 Å². The summed E-state index contributed by atoms with van der Waals surface area (Å²) in [5.74, 6) is 0.925. The van der Waals surface area contributed by atoms with Crippen LogP contribution in [0.15, 0.2) is 24.3 Å². The van der Waals surface area contributed by atoms with Crippen LogP contribution in [0.2, 0.25) is 0 Å². The van der Waals surface area contributed by atoms with Gasteiger partial charge in [-0.2, -0.15) is 0 Å². The fourth-order valence-electron chi connectivity index (χ4n) is 4.22. The summed E-state index contributed by atoms with van der Waals surface area (Å²) >= 11 is 0. The molecule has 6 nitrogen and oxygen atoms in total. The Kier molecular flexibility index (Phi) is 7.20. The summed E-state index contributed by atoms with van der Waals surface area (Å²) in [5.41, 5.74) is 0. The van der Waals surface area contributed by atoms with E-state index < -0.39 is 0 Å². The molecule has 0 radical (unpaired) electrons. The van der Waals surface area contributed by atoms with E-state index in [0.29, 0.717) is 23.7 Å². The second-order valence-electron chi connectivity index (χ2n) is 7.80. The topological polar surface area (TPSA) is 74.9 Å². The molecule has 0 bridgehead atoms. The molecular formula is C22H32N2O4. The van der Waals surface area contributed by atoms with Gasteiger partial charge in [-0.1, -0.05) is 12.1 Å². The molecule has 154 valence electrons. The molecule has 1 aromatic carbocycles. The van der Waals surface area contributed by atoms with Gasteiger partial charge in [-0.15, -0.1) is 0 Å². The third-order valence-electron chi connectivity index (χ3n) is 5.95. The summed E-state index contributed by atoms with van der Waals surface area (Å²) in [5, 5.41) is 22.1. The molecule has 1 saturated heterocycles. The summed E-state index contributed by atoms with van der Waals surface area (Å²) in [6.45, 7) is 3.91. The van der Waals surface area contributed by atoms with Crippen LogP contribution in [0.25, 0.3) is 10.8 Å². The van der Waals surface area contributed by atoms with Crippen LogP contribution in [-0.4, -0.2) is 52.4 Å². The average molecular weight is 389 g/mol. The number of fused-ring (bicyclic) bond motifs is 1. The molecule has 28 heavy (non-hydrogen) atoms. The van der Waals surface area contributed by atoms with Gasteiger partial charge in [0.2, 0.25) is 11.8 Å². The summed E-state index contributed by atoms with van der Waals surface area (Å²) < 4.78 is 6.30. The van der Waals surface area contributed by atoms with Gasteiger partial charge in [-0.3, -0.25) is 9.36 Å². The van der Waals surface area contributed by atoms with Crippen molar-refractivity contribution >= 4 is 16.7 Å². The average Bonchev–Trinajstić information content (AvgIpc) is 2.97. The van der Waals surface area contributed by atoms with Gasteiger partial charge >= 0.3 is 5.97 Å². The minimum atomic E-state index is -0.106. The van der Waals surface area contributed by atoms with Gasteiger partial charge in [-0.25, -0.2) is 0 Å². The number of nitrogens with zero attached hydrogens (tertiary/aromatic N) is 2. The number of aromatic hydroxyl groups is 2. The molecule has 6 heteroatoms. The molecule has 1 fully saturated rings. The third-order valence-corrected chi connectivity index (χ3v) is 5.95. The van der Waals surface area contributed by atoms with Gasteiger partial charge in [0.05, 0.1) is 7.11 Å². The van der Waals surface area contributed by atoms with Crippen molar-refractivity contribution in [3.8, 4) is 11.8 Å². The number of carbonyl (C=O) groups excluding carboxylic acids is 1. The maximum Gasteiger partial charge on any atom is 0.305 e. The molecule has 2 aromatic rings. The van der Waals surface area contributed by atoms with E-state index in [9.17, 15) is 15.0 Å². The first-order valence-electron chi connectivity index (χ1n) is 10.4. The first-order chi connectivity index (χ1) is 13.6. The Morgan fingerprint density at radius 3 is 2.25 bits per heavy atom. The zero-order valence-electron chi connectivity index (χ0n) is 16.8. The Morgan fingerprint density at radius 2 is 1.64 bits per heavy atom. The van der Waals surface area contributed by atoms with E-state index >= 15 is 0 Å². The maximum absolute atomic E-state index is 11.2. The van der Waals surface area contributed by atoms with Crippen molar-refractivity contribution in [2.45, 2.75) is 51.5 Å². The van der Waals surface area contributed by atoms with Gasteiger partial charge in [0.15, 0.2) is 0 Å². The number of esters is 1. The predicted octanol–water partition coefficient (Wildman–Crippen LogP) is 3.89. The smallest absolute Gasteiger partial charge is 0.305 e. The molecular weight excluding hydrogens is 356 g/mol. The number of aromatic nitrogens is 1. The second kappa shape index (κ2) is 9.82. The van der Waals surface area contributed by atoms with Gasteiger partial charge < -0.3 is 19.8 Å². The molecule has 2 N–H and O–H groups in total. The maximum atomic E-state index is 11.2. The van der Waals surface area contributed by atoms with E-state index in [4.69, 9.17) is 4.74 Å². The number of ether oxygens (including phenoxy) is 1. The van der Waals surface area contributed by atoms with Crippen molar-refractivity contribution in [3.63, 3.8) is 0 Å². The SMILES string of the molecule is COC(=O)CCCC1CCN(CCCCn2c(O)c3ccccc3c2O)CC1. The molecule has 0 amide bonds. The van der Waals surface area contributed by atoms with Crippen LogP contribution < -0.4 is 0 Å². The Hall–Kier alpha value is -2.21. The molecule has 1 aliphatic rings. The van der Waals surface area contributed by atoms with E-state index in [1.54, 1.807) is 4.57 Å². The minimum absolute atomic E-state index is 0.106. The monoisotopic (exact) mass is 388 g/mol. The molecule has 0 atom stereocenters. The number of piperidine rings is 1. The lowest BCUT2D eigenvalue weighted by molar-refractivity contribution is -0.140. The quantitative estimate of drug-likeness (QED) is 0.504. The highest BCUT2D eigenvalue weighted by atomic mass is 16.5.